The van der Waals surface area contributed by atoms with Crippen LogP contribution in [-0.4, -0.2) is 41.1 Å². The molecule has 0 spiro atoms. The van der Waals surface area contributed by atoms with Gasteiger partial charge in [0.05, 0.1) is 17.4 Å². The number of primary amides is 1. The Kier molecular flexibility index (Phi) is 8.54. The van der Waals surface area contributed by atoms with Crippen LogP contribution in [0.4, 0.5) is 14.0 Å². The SMILES string of the molecule is NC(=O)N[C@H](CC(=O)NCCN1C(=O)S/C(=C/c2ccc(Cl)cc2Cl)C1=O)c1ccccc1F. The number of carbonyl (C=O) groups excluding carboxylic acids is 4. The monoisotopic (exact) mass is 524 g/mol. The van der Waals surface area contributed by atoms with E-state index < -0.39 is 34.9 Å². The van der Waals surface area contributed by atoms with E-state index in [2.05, 4.69) is 10.6 Å². The molecule has 34 heavy (non-hydrogen) atoms. The van der Waals surface area contributed by atoms with Crippen LogP contribution in [0, 0.1) is 5.82 Å². The molecule has 0 radical (unpaired) electrons. The number of nitrogens with two attached hydrogens (primary N) is 1. The minimum atomic E-state index is -0.983. The predicted molar refractivity (Wildman–Crippen MR) is 129 cm³/mol. The average molecular weight is 525 g/mol. The summed E-state index contributed by atoms with van der Waals surface area (Å²) in [6.45, 7) is -0.109. The van der Waals surface area contributed by atoms with Crippen LogP contribution in [0.15, 0.2) is 47.4 Å². The van der Waals surface area contributed by atoms with Gasteiger partial charge in [0.15, 0.2) is 0 Å². The molecule has 1 heterocycles. The normalized spacial score (nSPS) is 15.5. The van der Waals surface area contributed by atoms with E-state index in [1.807, 2.05) is 0 Å². The summed E-state index contributed by atoms with van der Waals surface area (Å²) < 4.78 is 14.1. The van der Waals surface area contributed by atoms with Crippen molar-refractivity contribution in [2.75, 3.05) is 13.1 Å². The number of benzene rings is 2. The third kappa shape index (κ3) is 6.49. The molecule has 1 aliphatic heterocycles. The number of imide groups is 1. The largest absolute Gasteiger partial charge is 0.354 e. The first-order valence-corrected chi connectivity index (χ1v) is 11.5. The number of carbonyl (C=O) groups is 4. The van der Waals surface area contributed by atoms with Crippen LogP contribution in [0.25, 0.3) is 6.08 Å². The van der Waals surface area contributed by atoms with Gasteiger partial charge in [-0.15, -0.1) is 0 Å². The van der Waals surface area contributed by atoms with Gasteiger partial charge in [-0.2, -0.15) is 0 Å². The fraction of sp³-hybridized carbons (Fsp3) is 0.182. The summed E-state index contributed by atoms with van der Waals surface area (Å²) in [6.07, 6.45) is 1.21. The topological polar surface area (TPSA) is 122 Å². The highest BCUT2D eigenvalue weighted by Gasteiger charge is 2.34. The lowest BCUT2D eigenvalue weighted by Crippen LogP contribution is -2.40. The van der Waals surface area contributed by atoms with Gasteiger partial charge in [-0.3, -0.25) is 19.3 Å². The van der Waals surface area contributed by atoms with E-state index in [4.69, 9.17) is 28.9 Å². The first kappa shape index (κ1) is 25.5. The van der Waals surface area contributed by atoms with E-state index in [1.54, 1.807) is 18.2 Å². The highest BCUT2D eigenvalue weighted by Crippen LogP contribution is 2.33. The van der Waals surface area contributed by atoms with Crippen molar-refractivity contribution < 1.29 is 23.6 Å². The number of amides is 5. The van der Waals surface area contributed by atoms with Crippen molar-refractivity contribution in [3.63, 3.8) is 0 Å². The maximum Gasteiger partial charge on any atom is 0.312 e. The second-order valence-electron chi connectivity index (χ2n) is 7.14. The van der Waals surface area contributed by atoms with E-state index in [9.17, 15) is 23.6 Å². The molecule has 178 valence electrons. The zero-order chi connectivity index (χ0) is 24.8. The van der Waals surface area contributed by atoms with Crippen molar-refractivity contribution >= 4 is 64.1 Å². The van der Waals surface area contributed by atoms with E-state index in [1.165, 1.54) is 30.3 Å². The molecule has 1 saturated heterocycles. The molecule has 2 aromatic rings. The molecule has 4 N–H and O–H groups in total. The summed E-state index contributed by atoms with van der Waals surface area (Å²) in [5, 5.41) is 5.18. The quantitative estimate of drug-likeness (QED) is 0.449. The molecule has 8 nitrogen and oxygen atoms in total. The molecular weight excluding hydrogens is 506 g/mol. The third-order valence-corrected chi connectivity index (χ3v) is 6.24. The molecule has 3 rings (SSSR count). The van der Waals surface area contributed by atoms with Crippen LogP contribution in [0.1, 0.15) is 23.6 Å². The molecule has 0 saturated carbocycles. The van der Waals surface area contributed by atoms with Crippen LogP contribution in [0.3, 0.4) is 0 Å². The van der Waals surface area contributed by atoms with Gasteiger partial charge in [-0.1, -0.05) is 47.5 Å². The Hall–Kier alpha value is -3.08. The van der Waals surface area contributed by atoms with Crippen LogP contribution < -0.4 is 16.4 Å². The first-order chi connectivity index (χ1) is 16.2. The van der Waals surface area contributed by atoms with Gasteiger partial charge in [-0.05, 0) is 41.6 Å². The lowest BCUT2D eigenvalue weighted by molar-refractivity contribution is -0.124. The summed E-state index contributed by atoms with van der Waals surface area (Å²) in [7, 11) is 0. The van der Waals surface area contributed by atoms with Crippen LogP contribution in [0.5, 0.6) is 0 Å². The number of halogens is 3. The Morgan fingerprint density at radius 3 is 2.59 bits per heavy atom. The highest BCUT2D eigenvalue weighted by atomic mass is 35.5. The predicted octanol–water partition coefficient (Wildman–Crippen LogP) is 4.08. The summed E-state index contributed by atoms with van der Waals surface area (Å²) >= 11 is 12.7. The molecule has 5 amide bonds. The number of nitrogens with zero attached hydrogens (tertiary/aromatic N) is 1. The number of nitrogens with one attached hydrogen (secondary N) is 2. The van der Waals surface area contributed by atoms with Crippen molar-refractivity contribution in [1.82, 2.24) is 15.5 Å². The van der Waals surface area contributed by atoms with Gasteiger partial charge in [0.25, 0.3) is 11.1 Å². The Morgan fingerprint density at radius 2 is 1.91 bits per heavy atom. The fourth-order valence-corrected chi connectivity index (χ4v) is 4.50. The minimum absolute atomic E-state index is 0.0353. The Labute approximate surface area is 208 Å². The number of thioether (sulfide) groups is 1. The summed E-state index contributed by atoms with van der Waals surface area (Å²) in [4.78, 5) is 49.7. The van der Waals surface area contributed by atoms with Crippen molar-refractivity contribution in [3.8, 4) is 0 Å². The second-order valence-corrected chi connectivity index (χ2v) is 8.97. The molecule has 12 heteroatoms. The van der Waals surface area contributed by atoms with Gasteiger partial charge in [0.1, 0.15) is 5.82 Å². The zero-order valence-corrected chi connectivity index (χ0v) is 19.8. The Balaban J connectivity index is 1.58. The van der Waals surface area contributed by atoms with Crippen molar-refractivity contribution in [2.24, 2.45) is 5.73 Å². The van der Waals surface area contributed by atoms with Gasteiger partial charge < -0.3 is 16.4 Å². The molecule has 1 atom stereocenters. The molecule has 0 aliphatic carbocycles. The van der Waals surface area contributed by atoms with Crippen LogP contribution in [-0.2, 0) is 9.59 Å². The van der Waals surface area contributed by atoms with E-state index >= 15 is 0 Å². The van der Waals surface area contributed by atoms with Crippen LogP contribution in [0.2, 0.25) is 10.0 Å². The average Bonchev–Trinajstić information content (AvgIpc) is 3.02. The molecule has 0 bridgehead atoms. The molecule has 1 fully saturated rings. The summed E-state index contributed by atoms with van der Waals surface area (Å²) in [6, 6.07) is 8.55. The Bertz CT molecular complexity index is 1180. The number of rotatable bonds is 8. The lowest BCUT2D eigenvalue weighted by Gasteiger charge is -2.19. The van der Waals surface area contributed by atoms with Gasteiger partial charge in [0, 0.05) is 28.7 Å². The van der Waals surface area contributed by atoms with Gasteiger partial charge in [0.2, 0.25) is 5.91 Å². The lowest BCUT2D eigenvalue weighted by atomic mass is 10.0. The smallest absolute Gasteiger partial charge is 0.312 e. The summed E-state index contributed by atoms with van der Waals surface area (Å²) in [5.41, 5.74) is 5.78. The van der Waals surface area contributed by atoms with E-state index in [0.717, 1.165) is 16.7 Å². The highest BCUT2D eigenvalue weighted by molar-refractivity contribution is 8.18. The Morgan fingerprint density at radius 1 is 1.18 bits per heavy atom. The van der Waals surface area contributed by atoms with Crippen molar-refractivity contribution in [3.05, 3.63) is 74.4 Å². The van der Waals surface area contributed by atoms with E-state index in [-0.39, 0.29) is 30.0 Å². The number of hydrogen-bond acceptors (Lipinski definition) is 5. The molecular formula is C22H19Cl2FN4O4S. The maximum absolute atomic E-state index is 14.1. The second kappa shape index (κ2) is 11.4. The first-order valence-electron chi connectivity index (χ1n) is 9.93. The zero-order valence-electron chi connectivity index (χ0n) is 17.5. The maximum atomic E-state index is 14.1. The number of urea groups is 1. The molecule has 1 aliphatic rings. The summed E-state index contributed by atoms with van der Waals surface area (Å²) in [5.74, 6) is -1.65. The number of hydrogen-bond donors (Lipinski definition) is 3. The van der Waals surface area contributed by atoms with Gasteiger partial charge >= 0.3 is 6.03 Å². The molecule has 2 aromatic carbocycles. The van der Waals surface area contributed by atoms with Crippen LogP contribution >= 0.6 is 35.0 Å². The van der Waals surface area contributed by atoms with Gasteiger partial charge in [-0.25, -0.2) is 9.18 Å². The standard InChI is InChI=1S/C22H19Cl2FN4O4S/c23-13-6-5-12(15(24)10-13)9-18-20(31)29(22(33)34-18)8-7-27-19(30)11-17(28-21(26)32)14-3-1-2-4-16(14)25/h1-6,9-10,17H,7-8,11H2,(H,27,30)(H3,26,28,32)/b18-9+/t17-/m1/s1. The fourth-order valence-electron chi connectivity index (χ4n) is 3.19. The third-order valence-electron chi connectivity index (χ3n) is 4.77. The van der Waals surface area contributed by atoms with Crippen molar-refractivity contribution in [1.29, 1.82) is 0 Å². The minimum Gasteiger partial charge on any atom is -0.354 e. The van der Waals surface area contributed by atoms with E-state index in [0.29, 0.717) is 15.6 Å². The molecule has 0 aromatic heterocycles. The van der Waals surface area contributed by atoms with Crippen molar-refractivity contribution in [2.45, 2.75) is 12.5 Å². The molecule has 0 unspecified atom stereocenters.